The summed E-state index contributed by atoms with van der Waals surface area (Å²) in [5.41, 5.74) is 0.0417. The van der Waals surface area contributed by atoms with E-state index in [9.17, 15) is 0 Å². The van der Waals surface area contributed by atoms with Crippen molar-refractivity contribution in [2.45, 2.75) is 5.44 Å². The second kappa shape index (κ2) is 2.33. The molecule has 0 saturated heterocycles. The van der Waals surface area contributed by atoms with Crippen LogP contribution in [-0.4, -0.2) is 18.8 Å². The molecule has 0 bridgehead atoms. The molecule has 1 atom stereocenters. The average Bonchev–Trinajstić information content (AvgIpc) is 2.14. The van der Waals surface area contributed by atoms with Gasteiger partial charge in [0.25, 0.3) is 0 Å². The minimum Gasteiger partial charge on any atom is -0.368 e. The third kappa shape index (κ3) is 1.17. The Balaban J connectivity index is 2.22. The minimum atomic E-state index is 0.0417. The van der Waals surface area contributed by atoms with Crippen molar-refractivity contribution in [2.75, 3.05) is 7.11 Å². The van der Waals surface area contributed by atoms with Crippen LogP contribution in [0.4, 0.5) is 0 Å². The van der Waals surface area contributed by atoms with Crippen LogP contribution in [0.1, 0.15) is 0 Å². The number of rotatable bonds is 1. The summed E-state index contributed by atoms with van der Waals surface area (Å²) >= 11 is 1.38. The lowest BCUT2D eigenvalue weighted by Crippen LogP contribution is -1.99. The molecule has 7 heavy (non-hydrogen) atoms. The second-order valence-electron chi connectivity index (χ2n) is 1.07. The van der Waals surface area contributed by atoms with Crippen molar-refractivity contribution >= 4 is 18.2 Å². The van der Waals surface area contributed by atoms with Crippen molar-refractivity contribution in [3.8, 4) is 0 Å². The SMILES string of the molecule is COC1[C]C=NS1. The lowest BCUT2D eigenvalue weighted by Gasteiger charge is -1.98. The van der Waals surface area contributed by atoms with Crippen LogP contribution >= 0.6 is 11.9 Å². The molecule has 1 aliphatic heterocycles. The second-order valence-corrected chi connectivity index (χ2v) is 1.92. The molecule has 0 aliphatic carbocycles. The fourth-order valence-electron chi connectivity index (χ4n) is 0.318. The molecule has 0 amide bonds. The molecule has 1 heterocycles. The third-order valence-corrected chi connectivity index (χ3v) is 1.38. The van der Waals surface area contributed by atoms with Crippen molar-refractivity contribution in [3.63, 3.8) is 0 Å². The predicted octanol–water partition coefficient (Wildman–Crippen LogP) is 0.773. The van der Waals surface area contributed by atoms with E-state index in [-0.39, 0.29) is 5.44 Å². The van der Waals surface area contributed by atoms with Crippen LogP contribution in [0.25, 0.3) is 0 Å². The molecule has 0 saturated carbocycles. The number of ether oxygens (including phenoxy) is 1. The van der Waals surface area contributed by atoms with Gasteiger partial charge in [0.15, 0.2) is 0 Å². The summed E-state index contributed by atoms with van der Waals surface area (Å²) in [6.07, 6.45) is 4.48. The number of hydrogen-bond donors (Lipinski definition) is 0. The maximum absolute atomic E-state index is 4.84. The molecule has 1 unspecified atom stereocenters. The highest BCUT2D eigenvalue weighted by atomic mass is 32.2. The normalized spacial score (nSPS) is 29.0. The van der Waals surface area contributed by atoms with E-state index in [2.05, 4.69) is 10.8 Å². The van der Waals surface area contributed by atoms with E-state index in [1.807, 2.05) is 0 Å². The van der Waals surface area contributed by atoms with Crippen molar-refractivity contribution in [1.29, 1.82) is 0 Å². The summed E-state index contributed by atoms with van der Waals surface area (Å²) in [7, 11) is 1.64. The Bertz CT molecular complexity index is 75.8. The fraction of sp³-hybridized carbons (Fsp3) is 0.500. The molecule has 1 aliphatic rings. The Kier molecular flexibility index (Phi) is 1.70. The molecule has 0 spiro atoms. The molecule has 0 N–H and O–H groups in total. The van der Waals surface area contributed by atoms with E-state index in [1.165, 1.54) is 11.9 Å². The standard InChI is InChI=1S/C4H5NOS/c1-6-4-2-3-5-7-4/h3-4H,1H3. The first-order valence-corrected chi connectivity index (χ1v) is 2.73. The van der Waals surface area contributed by atoms with Crippen LogP contribution in [0.15, 0.2) is 4.40 Å². The molecule has 0 aromatic rings. The van der Waals surface area contributed by atoms with Gasteiger partial charge < -0.3 is 4.74 Å². The zero-order valence-corrected chi connectivity index (χ0v) is 4.73. The van der Waals surface area contributed by atoms with Gasteiger partial charge in [0.05, 0.1) is 6.42 Å². The van der Waals surface area contributed by atoms with E-state index in [4.69, 9.17) is 4.74 Å². The van der Waals surface area contributed by atoms with Gasteiger partial charge in [0.1, 0.15) is 5.44 Å². The van der Waals surface area contributed by atoms with E-state index in [1.54, 1.807) is 13.3 Å². The molecule has 2 radical (unpaired) electrons. The lowest BCUT2D eigenvalue weighted by atomic mass is 10.5. The summed E-state index contributed by atoms with van der Waals surface area (Å²) in [6.45, 7) is 0. The highest BCUT2D eigenvalue weighted by Crippen LogP contribution is 2.19. The quantitative estimate of drug-likeness (QED) is 0.471. The van der Waals surface area contributed by atoms with Gasteiger partial charge in [0, 0.05) is 25.3 Å². The van der Waals surface area contributed by atoms with Crippen molar-refractivity contribution in [3.05, 3.63) is 6.42 Å². The summed E-state index contributed by atoms with van der Waals surface area (Å²) in [6, 6.07) is 0. The first-order valence-electron chi connectivity index (χ1n) is 1.90. The minimum absolute atomic E-state index is 0.0417. The molecule has 0 aromatic heterocycles. The van der Waals surface area contributed by atoms with Crippen LogP contribution in [-0.2, 0) is 4.74 Å². The van der Waals surface area contributed by atoms with E-state index in [0.717, 1.165) is 0 Å². The summed E-state index contributed by atoms with van der Waals surface area (Å²) < 4.78 is 8.63. The van der Waals surface area contributed by atoms with Gasteiger partial charge in [-0.25, -0.2) is 4.40 Å². The smallest absolute Gasteiger partial charge is 0.136 e. The van der Waals surface area contributed by atoms with Crippen LogP contribution in [0, 0.1) is 6.42 Å². The summed E-state index contributed by atoms with van der Waals surface area (Å²) in [5, 5.41) is 0. The van der Waals surface area contributed by atoms with E-state index >= 15 is 0 Å². The fourth-order valence-corrected chi connectivity index (χ4v) is 0.759. The topological polar surface area (TPSA) is 21.6 Å². The Labute approximate surface area is 47.1 Å². The van der Waals surface area contributed by atoms with Crippen LogP contribution in [0.3, 0.4) is 0 Å². The summed E-state index contributed by atoms with van der Waals surface area (Å²) in [4.78, 5) is 0. The molecule has 0 aromatic carbocycles. The molecular weight excluding hydrogens is 110 g/mol. The zero-order valence-electron chi connectivity index (χ0n) is 3.92. The van der Waals surface area contributed by atoms with Crippen LogP contribution in [0.2, 0.25) is 0 Å². The third-order valence-electron chi connectivity index (χ3n) is 0.634. The lowest BCUT2D eigenvalue weighted by molar-refractivity contribution is 0.203. The van der Waals surface area contributed by atoms with E-state index in [0.29, 0.717) is 0 Å². The first-order chi connectivity index (χ1) is 3.43. The maximum Gasteiger partial charge on any atom is 0.136 e. The molecule has 0 fully saturated rings. The van der Waals surface area contributed by atoms with Gasteiger partial charge in [-0.2, -0.15) is 0 Å². The number of methoxy groups -OCH3 is 1. The predicted molar refractivity (Wildman–Crippen MR) is 30.1 cm³/mol. The highest BCUT2D eigenvalue weighted by Gasteiger charge is 2.10. The maximum atomic E-state index is 4.84. The molecule has 2 nitrogen and oxygen atoms in total. The number of hydrogen-bond acceptors (Lipinski definition) is 3. The van der Waals surface area contributed by atoms with Crippen molar-refractivity contribution in [1.82, 2.24) is 0 Å². The Morgan fingerprint density at radius 1 is 2.00 bits per heavy atom. The molecule has 38 valence electrons. The largest absolute Gasteiger partial charge is 0.368 e. The van der Waals surface area contributed by atoms with E-state index < -0.39 is 0 Å². The zero-order chi connectivity index (χ0) is 5.11. The van der Waals surface area contributed by atoms with Crippen molar-refractivity contribution < 1.29 is 4.74 Å². The average molecular weight is 115 g/mol. The molecule has 1 rings (SSSR count). The summed E-state index contributed by atoms with van der Waals surface area (Å²) in [5.74, 6) is 0. The molecule has 3 heteroatoms. The first kappa shape index (κ1) is 5.12. The molecular formula is C4H5NOS. The highest BCUT2D eigenvalue weighted by molar-refractivity contribution is 7.99. The van der Waals surface area contributed by atoms with Gasteiger partial charge in [-0.05, 0) is 0 Å². The number of nitrogens with zero attached hydrogens (tertiary/aromatic N) is 1. The van der Waals surface area contributed by atoms with Gasteiger partial charge in [-0.1, -0.05) is 0 Å². The van der Waals surface area contributed by atoms with Gasteiger partial charge in [-0.3, -0.25) is 0 Å². The van der Waals surface area contributed by atoms with Crippen molar-refractivity contribution in [2.24, 2.45) is 4.40 Å². The van der Waals surface area contributed by atoms with Crippen LogP contribution in [0.5, 0.6) is 0 Å². The van der Waals surface area contributed by atoms with Gasteiger partial charge >= 0.3 is 0 Å². The van der Waals surface area contributed by atoms with Gasteiger partial charge in [0.2, 0.25) is 0 Å². The Morgan fingerprint density at radius 3 is 3.14 bits per heavy atom. The van der Waals surface area contributed by atoms with Gasteiger partial charge in [-0.15, -0.1) is 0 Å². The Hall–Kier alpha value is -0.0200. The Morgan fingerprint density at radius 2 is 2.86 bits per heavy atom. The monoisotopic (exact) mass is 115 g/mol. The van der Waals surface area contributed by atoms with Crippen LogP contribution < -0.4 is 0 Å².